The van der Waals surface area contributed by atoms with Crippen LogP contribution in [0, 0.1) is 0 Å². The van der Waals surface area contributed by atoms with Crippen molar-refractivity contribution in [2.45, 2.75) is 19.0 Å². The van der Waals surface area contributed by atoms with Gasteiger partial charge in [-0.2, -0.15) is 4.52 Å². The van der Waals surface area contributed by atoms with Crippen molar-refractivity contribution in [3.63, 3.8) is 0 Å². The summed E-state index contributed by atoms with van der Waals surface area (Å²) in [6.45, 7) is 1.70. The van der Waals surface area contributed by atoms with E-state index in [4.69, 9.17) is 0 Å². The summed E-state index contributed by atoms with van der Waals surface area (Å²) in [5, 5.41) is 23.5. The molecule has 0 radical (unpaired) electrons. The number of para-hydroxylation sites is 1. The van der Waals surface area contributed by atoms with Crippen LogP contribution in [-0.4, -0.2) is 59.8 Å². The van der Waals surface area contributed by atoms with Crippen molar-refractivity contribution in [1.82, 2.24) is 40.1 Å². The molecule has 27 heavy (non-hydrogen) atoms. The van der Waals surface area contributed by atoms with Gasteiger partial charge >= 0.3 is 0 Å². The largest absolute Gasteiger partial charge is 0.353 e. The number of amides is 1. The van der Waals surface area contributed by atoms with Crippen molar-refractivity contribution in [3.8, 4) is 0 Å². The molecule has 1 atom stereocenters. The van der Waals surface area contributed by atoms with E-state index >= 15 is 0 Å². The minimum Gasteiger partial charge on any atom is -0.353 e. The molecule has 5 rings (SSSR count). The third-order valence-electron chi connectivity index (χ3n) is 4.74. The van der Waals surface area contributed by atoms with Crippen LogP contribution in [0.5, 0.6) is 0 Å². The van der Waals surface area contributed by atoms with E-state index < -0.39 is 0 Å². The van der Waals surface area contributed by atoms with E-state index in [0.717, 1.165) is 29.8 Å². The Balaban J connectivity index is 1.23. The molecule has 1 aliphatic heterocycles. The molecule has 4 heterocycles. The number of nitrogens with one attached hydrogen (secondary N) is 1. The van der Waals surface area contributed by atoms with E-state index in [0.29, 0.717) is 12.2 Å². The molecule has 136 valence electrons. The fraction of sp³-hybridized carbons (Fsp3) is 0.294. The van der Waals surface area contributed by atoms with Crippen LogP contribution in [-0.2, 0) is 11.3 Å². The highest BCUT2D eigenvalue weighted by Gasteiger charge is 2.25. The molecule has 3 aromatic heterocycles. The number of carbonyl (C=O) groups is 1. The first-order valence-electron chi connectivity index (χ1n) is 8.76. The zero-order valence-electron chi connectivity index (χ0n) is 14.4. The summed E-state index contributed by atoms with van der Waals surface area (Å²) >= 11 is 0. The Hall–Kier alpha value is -3.56. The molecule has 1 N–H and O–H groups in total. The smallest absolute Gasteiger partial charge is 0.242 e. The van der Waals surface area contributed by atoms with Gasteiger partial charge in [0, 0.05) is 19.1 Å². The van der Waals surface area contributed by atoms with Crippen molar-refractivity contribution in [1.29, 1.82) is 0 Å². The predicted octanol–water partition coefficient (Wildman–Crippen LogP) is 0.264. The maximum absolute atomic E-state index is 12.4. The Labute approximate surface area is 153 Å². The van der Waals surface area contributed by atoms with Crippen molar-refractivity contribution < 1.29 is 4.79 Å². The van der Waals surface area contributed by atoms with Crippen molar-refractivity contribution in [2.24, 2.45) is 0 Å². The van der Waals surface area contributed by atoms with Crippen LogP contribution in [0.15, 0.2) is 42.7 Å². The van der Waals surface area contributed by atoms with Crippen molar-refractivity contribution in [3.05, 3.63) is 42.7 Å². The van der Waals surface area contributed by atoms with E-state index in [1.807, 2.05) is 36.4 Å². The number of hydrogen-bond donors (Lipinski definition) is 1. The first kappa shape index (κ1) is 15.7. The summed E-state index contributed by atoms with van der Waals surface area (Å²) in [4.78, 5) is 14.6. The number of hydrogen-bond acceptors (Lipinski definition) is 7. The lowest BCUT2D eigenvalue weighted by Crippen LogP contribution is -2.39. The Morgan fingerprint density at radius 1 is 1.19 bits per heavy atom. The quantitative estimate of drug-likeness (QED) is 0.554. The van der Waals surface area contributed by atoms with Gasteiger partial charge in [-0.15, -0.1) is 20.4 Å². The number of carbonyl (C=O) groups excluding carboxylic acids is 1. The summed E-state index contributed by atoms with van der Waals surface area (Å²) in [5.41, 5.74) is 2.35. The molecule has 1 aliphatic rings. The number of anilines is 1. The molecule has 0 bridgehead atoms. The van der Waals surface area contributed by atoms with Crippen LogP contribution in [0.2, 0.25) is 0 Å². The second-order valence-electron chi connectivity index (χ2n) is 6.56. The highest BCUT2D eigenvalue weighted by molar-refractivity contribution is 5.80. The summed E-state index contributed by atoms with van der Waals surface area (Å²) in [6.07, 6.45) is 2.45. The standard InChI is InChI=1S/C17H17N9O/c27-17(10-25-14-4-2-1-3-13(14)20-23-25)19-12-7-8-24(9-12)16-6-5-15-21-18-11-26(15)22-16/h1-6,11-12H,7-10H2,(H,19,27)/t12-/m1/s1. The van der Waals surface area contributed by atoms with Gasteiger partial charge in [-0.25, -0.2) is 4.68 Å². The molecule has 0 spiro atoms. The molecular weight excluding hydrogens is 346 g/mol. The highest BCUT2D eigenvalue weighted by atomic mass is 16.2. The molecule has 1 fully saturated rings. The van der Waals surface area contributed by atoms with Crippen molar-refractivity contribution in [2.75, 3.05) is 18.0 Å². The molecule has 4 aromatic rings. The van der Waals surface area contributed by atoms with E-state index in [2.05, 4.69) is 35.8 Å². The van der Waals surface area contributed by atoms with Gasteiger partial charge < -0.3 is 10.2 Å². The zero-order chi connectivity index (χ0) is 18.2. The summed E-state index contributed by atoms with van der Waals surface area (Å²) in [7, 11) is 0. The normalized spacial score (nSPS) is 17.0. The average molecular weight is 363 g/mol. The maximum atomic E-state index is 12.4. The van der Waals surface area contributed by atoms with Gasteiger partial charge in [-0.3, -0.25) is 4.79 Å². The fourth-order valence-corrected chi connectivity index (χ4v) is 3.42. The fourth-order valence-electron chi connectivity index (χ4n) is 3.42. The van der Waals surface area contributed by atoms with Gasteiger partial charge in [-0.05, 0) is 30.7 Å². The molecule has 1 saturated heterocycles. The first-order chi connectivity index (χ1) is 13.3. The van der Waals surface area contributed by atoms with Crippen LogP contribution in [0.1, 0.15) is 6.42 Å². The van der Waals surface area contributed by atoms with Crippen LogP contribution >= 0.6 is 0 Å². The molecule has 10 nitrogen and oxygen atoms in total. The average Bonchev–Trinajstić information content (AvgIpc) is 3.41. The Morgan fingerprint density at radius 2 is 2.11 bits per heavy atom. The summed E-state index contributed by atoms with van der Waals surface area (Å²) < 4.78 is 3.27. The lowest BCUT2D eigenvalue weighted by atomic mass is 10.2. The number of rotatable bonds is 4. The number of fused-ring (bicyclic) bond motifs is 2. The number of nitrogens with zero attached hydrogens (tertiary/aromatic N) is 8. The van der Waals surface area contributed by atoms with E-state index in [1.165, 1.54) is 0 Å². The summed E-state index contributed by atoms with van der Waals surface area (Å²) in [5.74, 6) is 0.779. The molecule has 0 unspecified atom stereocenters. The van der Waals surface area contributed by atoms with E-state index in [1.54, 1.807) is 15.5 Å². The van der Waals surface area contributed by atoms with Crippen LogP contribution < -0.4 is 10.2 Å². The first-order valence-corrected chi connectivity index (χ1v) is 8.76. The van der Waals surface area contributed by atoms with Crippen LogP contribution in [0.25, 0.3) is 16.7 Å². The molecule has 1 amide bonds. The second kappa shape index (κ2) is 6.31. The Bertz CT molecular complexity index is 1120. The predicted molar refractivity (Wildman–Crippen MR) is 97.1 cm³/mol. The topological polar surface area (TPSA) is 106 Å². The number of benzene rings is 1. The molecular formula is C17H17N9O. The van der Waals surface area contributed by atoms with Crippen LogP contribution in [0.4, 0.5) is 5.82 Å². The molecule has 0 saturated carbocycles. The van der Waals surface area contributed by atoms with Gasteiger partial charge in [0.15, 0.2) is 5.65 Å². The van der Waals surface area contributed by atoms with Gasteiger partial charge in [0.05, 0.1) is 5.52 Å². The lowest BCUT2D eigenvalue weighted by molar-refractivity contribution is -0.122. The lowest BCUT2D eigenvalue weighted by Gasteiger charge is -2.17. The summed E-state index contributed by atoms with van der Waals surface area (Å²) in [6, 6.07) is 11.5. The number of aromatic nitrogens is 7. The maximum Gasteiger partial charge on any atom is 0.242 e. The molecule has 1 aromatic carbocycles. The van der Waals surface area contributed by atoms with E-state index in [9.17, 15) is 4.79 Å². The minimum absolute atomic E-state index is 0.0697. The Kier molecular flexibility index (Phi) is 3.66. The van der Waals surface area contributed by atoms with Crippen molar-refractivity contribution >= 4 is 28.4 Å². The van der Waals surface area contributed by atoms with Gasteiger partial charge in [0.2, 0.25) is 5.91 Å². The van der Waals surface area contributed by atoms with Gasteiger partial charge in [-0.1, -0.05) is 17.3 Å². The molecule has 10 heteroatoms. The second-order valence-corrected chi connectivity index (χ2v) is 6.56. The van der Waals surface area contributed by atoms with E-state index in [-0.39, 0.29) is 18.5 Å². The van der Waals surface area contributed by atoms with Gasteiger partial charge in [0.25, 0.3) is 0 Å². The molecule has 0 aliphatic carbocycles. The highest BCUT2D eigenvalue weighted by Crippen LogP contribution is 2.18. The monoisotopic (exact) mass is 363 g/mol. The SMILES string of the molecule is O=C(Cn1nnc2ccccc21)N[C@@H]1CCN(c2ccc3nncn3n2)C1. The third kappa shape index (κ3) is 2.94. The Morgan fingerprint density at radius 3 is 3.07 bits per heavy atom. The van der Waals surface area contributed by atoms with Gasteiger partial charge in [0.1, 0.15) is 24.2 Å². The third-order valence-corrected chi connectivity index (χ3v) is 4.74. The zero-order valence-corrected chi connectivity index (χ0v) is 14.4. The minimum atomic E-state index is -0.0697. The van der Waals surface area contributed by atoms with Crippen LogP contribution in [0.3, 0.4) is 0 Å².